The van der Waals surface area contributed by atoms with Crippen LogP contribution in [0, 0.1) is 11.3 Å². The second kappa shape index (κ2) is 5.06. The molecule has 0 spiro atoms. The van der Waals surface area contributed by atoms with Gasteiger partial charge < -0.3 is 4.74 Å². The molecule has 0 aliphatic rings. The molecule has 1 aromatic heterocycles. The highest BCUT2D eigenvalue weighted by molar-refractivity contribution is 7.89. The van der Waals surface area contributed by atoms with Gasteiger partial charge in [-0.15, -0.1) is 0 Å². The second-order valence-electron chi connectivity index (χ2n) is 3.59. The largest absolute Gasteiger partial charge is 0.438 e. The van der Waals surface area contributed by atoms with E-state index in [0.717, 1.165) is 0 Å². The van der Waals surface area contributed by atoms with Crippen LogP contribution in [0.5, 0.6) is 11.6 Å². The minimum Gasteiger partial charge on any atom is -0.438 e. The lowest BCUT2D eigenvalue weighted by atomic mass is 10.2. The van der Waals surface area contributed by atoms with Crippen LogP contribution in [0.15, 0.2) is 47.5 Å². The van der Waals surface area contributed by atoms with Gasteiger partial charge >= 0.3 is 0 Å². The lowest BCUT2D eigenvalue weighted by molar-refractivity contribution is 0.447. The summed E-state index contributed by atoms with van der Waals surface area (Å²) in [5, 5.41) is 13.7. The third-order valence-corrected chi connectivity index (χ3v) is 3.16. The SMILES string of the molecule is N#Cc1ccc(Oc2ncccc2S(N)(=O)=O)cc1. The highest BCUT2D eigenvalue weighted by Gasteiger charge is 2.16. The van der Waals surface area contributed by atoms with Crippen molar-refractivity contribution in [1.29, 1.82) is 5.26 Å². The van der Waals surface area contributed by atoms with Gasteiger partial charge in [0.15, 0.2) is 0 Å². The van der Waals surface area contributed by atoms with Gasteiger partial charge in [-0.3, -0.25) is 0 Å². The zero-order valence-electron chi connectivity index (χ0n) is 9.65. The van der Waals surface area contributed by atoms with Crippen LogP contribution in [0.3, 0.4) is 0 Å². The molecule has 2 N–H and O–H groups in total. The maximum absolute atomic E-state index is 11.4. The number of aromatic nitrogens is 1. The molecule has 0 bridgehead atoms. The fourth-order valence-electron chi connectivity index (χ4n) is 1.38. The van der Waals surface area contributed by atoms with Gasteiger partial charge in [-0.2, -0.15) is 5.26 Å². The van der Waals surface area contributed by atoms with Crippen LogP contribution in [-0.2, 0) is 10.0 Å². The molecule has 7 heteroatoms. The predicted molar refractivity (Wildman–Crippen MR) is 66.8 cm³/mol. The molecule has 0 saturated heterocycles. The molecule has 0 fully saturated rings. The van der Waals surface area contributed by atoms with Crippen LogP contribution in [0.1, 0.15) is 5.56 Å². The van der Waals surface area contributed by atoms with Gasteiger partial charge in [0.25, 0.3) is 0 Å². The highest BCUT2D eigenvalue weighted by Crippen LogP contribution is 2.25. The van der Waals surface area contributed by atoms with Crippen molar-refractivity contribution in [2.75, 3.05) is 0 Å². The molecule has 0 atom stereocenters. The lowest BCUT2D eigenvalue weighted by Crippen LogP contribution is -2.13. The molecule has 0 aliphatic heterocycles. The summed E-state index contributed by atoms with van der Waals surface area (Å²) < 4.78 is 28.1. The Labute approximate surface area is 110 Å². The Bertz CT molecular complexity index is 734. The van der Waals surface area contributed by atoms with E-state index in [1.54, 1.807) is 24.3 Å². The minimum atomic E-state index is -3.91. The van der Waals surface area contributed by atoms with E-state index < -0.39 is 10.0 Å². The number of nitriles is 1. The molecular formula is C12H9N3O3S. The van der Waals surface area contributed by atoms with Crippen LogP contribution >= 0.6 is 0 Å². The van der Waals surface area contributed by atoms with Crippen molar-refractivity contribution in [3.63, 3.8) is 0 Å². The fourth-order valence-corrected chi connectivity index (χ4v) is 1.98. The first kappa shape index (κ1) is 13.0. The van der Waals surface area contributed by atoms with Crippen LogP contribution in [0.25, 0.3) is 0 Å². The van der Waals surface area contributed by atoms with E-state index in [0.29, 0.717) is 11.3 Å². The maximum Gasteiger partial charge on any atom is 0.243 e. The first-order chi connectivity index (χ1) is 9.00. The summed E-state index contributed by atoms with van der Waals surface area (Å²) in [7, 11) is -3.91. The number of nitrogens with zero attached hydrogens (tertiary/aromatic N) is 2. The Morgan fingerprint density at radius 1 is 1.21 bits per heavy atom. The van der Waals surface area contributed by atoms with Crippen molar-refractivity contribution in [3.05, 3.63) is 48.2 Å². The van der Waals surface area contributed by atoms with Crippen LogP contribution < -0.4 is 9.88 Å². The number of rotatable bonds is 3. The second-order valence-corrected chi connectivity index (χ2v) is 5.12. The summed E-state index contributed by atoms with van der Waals surface area (Å²) in [5.41, 5.74) is 0.472. The van der Waals surface area contributed by atoms with Gasteiger partial charge in [0.05, 0.1) is 11.6 Å². The summed E-state index contributed by atoms with van der Waals surface area (Å²) in [5.74, 6) is 0.261. The number of hydrogen-bond donors (Lipinski definition) is 1. The number of sulfonamides is 1. The number of nitrogens with two attached hydrogens (primary N) is 1. The van der Waals surface area contributed by atoms with Crippen molar-refractivity contribution >= 4 is 10.0 Å². The summed E-state index contributed by atoms with van der Waals surface area (Å²) in [6, 6.07) is 10.9. The van der Waals surface area contributed by atoms with E-state index >= 15 is 0 Å². The van der Waals surface area contributed by atoms with E-state index in [1.807, 2.05) is 6.07 Å². The van der Waals surface area contributed by atoms with Crippen LogP contribution in [0.2, 0.25) is 0 Å². The molecule has 0 unspecified atom stereocenters. The molecular weight excluding hydrogens is 266 g/mol. The van der Waals surface area contributed by atoms with Crippen molar-refractivity contribution in [3.8, 4) is 17.7 Å². The summed E-state index contributed by atoms with van der Waals surface area (Å²) in [6.45, 7) is 0. The molecule has 19 heavy (non-hydrogen) atoms. The average molecular weight is 275 g/mol. The van der Waals surface area contributed by atoms with E-state index in [4.69, 9.17) is 15.1 Å². The highest BCUT2D eigenvalue weighted by atomic mass is 32.2. The quantitative estimate of drug-likeness (QED) is 0.911. The fraction of sp³-hybridized carbons (Fsp3) is 0. The Kier molecular flexibility index (Phi) is 3.46. The Morgan fingerprint density at radius 2 is 1.89 bits per heavy atom. The zero-order chi connectivity index (χ0) is 13.9. The summed E-state index contributed by atoms with van der Waals surface area (Å²) in [4.78, 5) is 3.64. The Balaban J connectivity index is 2.36. The average Bonchev–Trinajstić information content (AvgIpc) is 2.39. The van der Waals surface area contributed by atoms with E-state index in [1.165, 1.54) is 18.3 Å². The standard InChI is InChI=1S/C12H9N3O3S/c13-8-9-3-5-10(6-4-9)18-12-11(19(14,16)17)2-1-7-15-12/h1-7H,(H2,14,16,17). The predicted octanol–water partition coefficient (Wildman–Crippen LogP) is 1.39. The van der Waals surface area contributed by atoms with Gasteiger partial charge in [-0.1, -0.05) is 0 Å². The third kappa shape index (κ3) is 3.07. The first-order valence-corrected chi connectivity index (χ1v) is 6.71. The number of pyridine rings is 1. The van der Waals surface area contributed by atoms with Gasteiger partial charge in [0.1, 0.15) is 10.6 Å². The minimum absolute atomic E-state index is 0.102. The summed E-state index contributed by atoms with van der Waals surface area (Å²) >= 11 is 0. The maximum atomic E-state index is 11.4. The molecule has 2 aromatic rings. The molecule has 96 valence electrons. The molecule has 0 amide bonds. The molecule has 0 radical (unpaired) electrons. The normalized spacial score (nSPS) is 10.7. The third-order valence-electron chi connectivity index (χ3n) is 2.24. The van der Waals surface area contributed by atoms with Crippen molar-refractivity contribution < 1.29 is 13.2 Å². The first-order valence-electron chi connectivity index (χ1n) is 5.16. The molecule has 6 nitrogen and oxygen atoms in total. The molecule has 1 heterocycles. The number of primary sulfonamides is 1. The van der Waals surface area contributed by atoms with Gasteiger partial charge in [0.2, 0.25) is 15.9 Å². The van der Waals surface area contributed by atoms with Crippen molar-refractivity contribution in [2.24, 2.45) is 5.14 Å². The van der Waals surface area contributed by atoms with Crippen LogP contribution in [0.4, 0.5) is 0 Å². The van der Waals surface area contributed by atoms with Crippen molar-refractivity contribution in [1.82, 2.24) is 4.98 Å². The van der Waals surface area contributed by atoms with E-state index in [2.05, 4.69) is 4.98 Å². The van der Waals surface area contributed by atoms with E-state index in [9.17, 15) is 8.42 Å². The number of ether oxygens (including phenoxy) is 1. The lowest BCUT2D eigenvalue weighted by Gasteiger charge is -2.07. The van der Waals surface area contributed by atoms with E-state index in [-0.39, 0.29) is 10.8 Å². The number of benzene rings is 1. The molecule has 1 aromatic carbocycles. The molecule has 0 aliphatic carbocycles. The Hall–Kier alpha value is -2.43. The molecule has 0 saturated carbocycles. The zero-order valence-corrected chi connectivity index (χ0v) is 10.5. The van der Waals surface area contributed by atoms with Gasteiger partial charge in [-0.05, 0) is 36.4 Å². The number of hydrogen-bond acceptors (Lipinski definition) is 5. The van der Waals surface area contributed by atoms with Gasteiger partial charge in [0, 0.05) is 6.20 Å². The Morgan fingerprint density at radius 3 is 2.47 bits per heavy atom. The summed E-state index contributed by atoms with van der Waals surface area (Å²) in [6.07, 6.45) is 1.40. The van der Waals surface area contributed by atoms with Gasteiger partial charge in [-0.25, -0.2) is 18.5 Å². The monoisotopic (exact) mass is 275 g/mol. The van der Waals surface area contributed by atoms with Crippen molar-refractivity contribution in [2.45, 2.75) is 4.90 Å². The smallest absolute Gasteiger partial charge is 0.243 e. The van der Waals surface area contributed by atoms with Crippen LogP contribution in [-0.4, -0.2) is 13.4 Å². The topological polar surface area (TPSA) is 106 Å². The molecule has 2 rings (SSSR count).